The molecule has 0 amide bonds. The van der Waals surface area contributed by atoms with Gasteiger partial charge in [0.1, 0.15) is 11.3 Å². The fraction of sp³-hybridized carbons (Fsp3) is 0.500. The highest BCUT2D eigenvalue weighted by Gasteiger charge is 2.25. The first-order chi connectivity index (χ1) is 10.1. The first-order valence-electron chi connectivity index (χ1n) is 7.70. The second-order valence-corrected chi connectivity index (χ2v) is 7.83. The molecule has 5 heteroatoms. The van der Waals surface area contributed by atoms with Gasteiger partial charge >= 0.3 is 0 Å². The molecule has 1 saturated carbocycles. The molecule has 21 heavy (non-hydrogen) atoms. The quantitative estimate of drug-likeness (QED) is 0.947. The van der Waals surface area contributed by atoms with Crippen molar-refractivity contribution in [3.63, 3.8) is 0 Å². The smallest absolute Gasteiger partial charge is 0.240 e. The SMILES string of the molecule is O=S(=O)(NC1CCCC1)c1ccc2c3c(oc2c1)CCC3. The molecular weight excluding hydrogens is 286 g/mol. The summed E-state index contributed by atoms with van der Waals surface area (Å²) in [7, 11) is -3.44. The number of furan rings is 1. The summed E-state index contributed by atoms with van der Waals surface area (Å²) < 4.78 is 33.5. The van der Waals surface area contributed by atoms with Crippen LogP contribution in [0.5, 0.6) is 0 Å². The Morgan fingerprint density at radius 3 is 2.71 bits per heavy atom. The number of nitrogens with one attached hydrogen (secondary N) is 1. The summed E-state index contributed by atoms with van der Waals surface area (Å²) in [5, 5.41) is 1.07. The van der Waals surface area contributed by atoms with Crippen LogP contribution in [0, 0.1) is 0 Å². The van der Waals surface area contributed by atoms with Crippen LogP contribution >= 0.6 is 0 Å². The average molecular weight is 305 g/mol. The highest BCUT2D eigenvalue weighted by atomic mass is 32.2. The first-order valence-corrected chi connectivity index (χ1v) is 9.18. The summed E-state index contributed by atoms with van der Waals surface area (Å²) in [5.74, 6) is 1.03. The third kappa shape index (κ3) is 2.28. The van der Waals surface area contributed by atoms with Crippen LogP contribution in [0.3, 0.4) is 0 Å². The molecular formula is C16H19NO3S. The molecule has 1 fully saturated rings. The lowest BCUT2D eigenvalue weighted by atomic mass is 10.1. The number of benzene rings is 1. The summed E-state index contributed by atoms with van der Waals surface area (Å²) in [6, 6.07) is 5.36. The maximum absolute atomic E-state index is 12.5. The summed E-state index contributed by atoms with van der Waals surface area (Å²) >= 11 is 0. The largest absolute Gasteiger partial charge is 0.461 e. The minimum Gasteiger partial charge on any atom is -0.461 e. The topological polar surface area (TPSA) is 59.3 Å². The van der Waals surface area contributed by atoms with Crippen LogP contribution in [0.25, 0.3) is 11.0 Å². The van der Waals surface area contributed by atoms with E-state index in [4.69, 9.17) is 4.42 Å². The van der Waals surface area contributed by atoms with Crippen molar-refractivity contribution in [1.82, 2.24) is 4.72 Å². The van der Waals surface area contributed by atoms with Gasteiger partial charge in [0.2, 0.25) is 10.0 Å². The van der Waals surface area contributed by atoms with Crippen molar-refractivity contribution in [3.8, 4) is 0 Å². The van der Waals surface area contributed by atoms with E-state index in [1.54, 1.807) is 12.1 Å². The van der Waals surface area contributed by atoms with Gasteiger partial charge in [-0.1, -0.05) is 12.8 Å². The second kappa shape index (κ2) is 4.85. The molecule has 1 heterocycles. The zero-order valence-corrected chi connectivity index (χ0v) is 12.7. The lowest BCUT2D eigenvalue weighted by molar-refractivity contribution is 0.547. The van der Waals surface area contributed by atoms with E-state index in [-0.39, 0.29) is 6.04 Å². The van der Waals surface area contributed by atoms with Gasteiger partial charge in [-0.15, -0.1) is 0 Å². The number of hydrogen-bond acceptors (Lipinski definition) is 3. The lowest BCUT2D eigenvalue weighted by Gasteiger charge is -2.12. The van der Waals surface area contributed by atoms with Gasteiger partial charge in [0.05, 0.1) is 4.90 Å². The van der Waals surface area contributed by atoms with Crippen LogP contribution in [0.1, 0.15) is 43.4 Å². The van der Waals surface area contributed by atoms with Crippen molar-refractivity contribution in [2.45, 2.75) is 55.9 Å². The van der Waals surface area contributed by atoms with Crippen molar-refractivity contribution in [3.05, 3.63) is 29.5 Å². The van der Waals surface area contributed by atoms with Gasteiger partial charge in [0.25, 0.3) is 0 Å². The predicted molar refractivity (Wildman–Crippen MR) is 80.8 cm³/mol. The van der Waals surface area contributed by atoms with Gasteiger partial charge in [-0.05, 0) is 37.8 Å². The molecule has 4 nitrogen and oxygen atoms in total. The highest BCUT2D eigenvalue weighted by molar-refractivity contribution is 7.89. The van der Waals surface area contributed by atoms with E-state index in [2.05, 4.69) is 4.72 Å². The molecule has 0 saturated heterocycles. The lowest BCUT2D eigenvalue weighted by Crippen LogP contribution is -2.32. The molecule has 2 aliphatic rings. The predicted octanol–water partition coefficient (Wildman–Crippen LogP) is 3.14. The van der Waals surface area contributed by atoms with Crippen LogP contribution < -0.4 is 4.72 Å². The standard InChI is InChI=1S/C16H19NO3S/c18-21(19,17-11-4-1-2-5-11)12-8-9-14-13-6-3-7-15(13)20-16(14)10-12/h8-11,17H,1-7H2. The van der Waals surface area contributed by atoms with Crippen LogP contribution in [0.2, 0.25) is 0 Å². The van der Waals surface area contributed by atoms with Crippen molar-refractivity contribution in [2.24, 2.45) is 0 Å². The maximum Gasteiger partial charge on any atom is 0.240 e. The molecule has 2 aromatic rings. The zero-order chi connectivity index (χ0) is 14.4. The number of aryl methyl sites for hydroxylation is 2. The summed E-state index contributed by atoms with van der Waals surface area (Å²) in [6.07, 6.45) is 7.23. The van der Waals surface area contributed by atoms with Crippen molar-refractivity contribution in [1.29, 1.82) is 0 Å². The van der Waals surface area contributed by atoms with E-state index in [9.17, 15) is 8.42 Å². The third-order valence-electron chi connectivity index (χ3n) is 4.67. The molecule has 0 atom stereocenters. The molecule has 2 aliphatic carbocycles. The Morgan fingerprint density at radius 1 is 1.10 bits per heavy atom. The Balaban J connectivity index is 1.69. The molecule has 112 valence electrons. The van der Waals surface area contributed by atoms with Gasteiger partial charge in [-0.2, -0.15) is 0 Å². The van der Waals surface area contributed by atoms with E-state index in [0.717, 1.165) is 56.1 Å². The molecule has 0 spiro atoms. The van der Waals surface area contributed by atoms with Crippen LogP contribution in [-0.2, 0) is 22.9 Å². The van der Waals surface area contributed by atoms with Crippen molar-refractivity contribution < 1.29 is 12.8 Å². The third-order valence-corrected chi connectivity index (χ3v) is 6.18. The number of sulfonamides is 1. The monoisotopic (exact) mass is 305 g/mol. The van der Waals surface area contributed by atoms with Crippen LogP contribution in [-0.4, -0.2) is 14.5 Å². The maximum atomic E-state index is 12.5. The minimum absolute atomic E-state index is 0.0901. The fourth-order valence-electron chi connectivity index (χ4n) is 3.58. The van der Waals surface area contributed by atoms with Gasteiger partial charge in [-0.3, -0.25) is 0 Å². The van der Waals surface area contributed by atoms with E-state index < -0.39 is 10.0 Å². The Labute approximate surface area is 124 Å². The van der Waals surface area contributed by atoms with E-state index in [0.29, 0.717) is 10.5 Å². The van der Waals surface area contributed by atoms with E-state index in [1.165, 1.54) is 5.56 Å². The molecule has 1 aromatic carbocycles. The Kier molecular flexibility index (Phi) is 3.08. The Morgan fingerprint density at radius 2 is 1.90 bits per heavy atom. The van der Waals surface area contributed by atoms with Crippen LogP contribution in [0.4, 0.5) is 0 Å². The van der Waals surface area contributed by atoms with E-state index >= 15 is 0 Å². The van der Waals surface area contributed by atoms with Gasteiger partial charge in [0.15, 0.2) is 0 Å². The number of hydrogen-bond donors (Lipinski definition) is 1. The number of rotatable bonds is 3. The van der Waals surface area contributed by atoms with Gasteiger partial charge in [0, 0.05) is 29.5 Å². The molecule has 0 aliphatic heterocycles. The second-order valence-electron chi connectivity index (χ2n) is 6.12. The molecule has 4 rings (SSSR count). The summed E-state index contributed by atoms with van der Waals surface area (Å²) in [5.41, 5.74) is 1.96. The van der Waals surface area contributed by atoms with Crippen molar-refractivity contribution >= 4 is 21.0 Å². The van der Waals surface area contributed by atoms with Crippen LogP contribution in [0.15, 0.2) is 27.5 Å². The molecule has 0 radical (unpaired) electrons. The Hall–Kier alpha value is -1.33. The molecule has 0 unspecified atom stereocenters. The van der Waals surface area contributed by atoms with E-state index in [1.807, 2.05) is 6.07 Å². The summed E-state index contributed by atoms with van der Waals surface area (Å²) in [6.45, 7) is 0. The molecule has 1 N–H and O–H groups in total. The zero-order valence-electron chi connectivity index (χ0n) is 11.9. The van der Waals surface area contributed by atoms with Gasteiger partial charge in [-0.25, -0.2) is 13.1 Å². The average Bonchev–Trinajstić information content (AvgIpc) is 3.13. The summed E-state index contributed by atoms with van der Waals surface area (Å²) in [4.78, 5) is 0.314. The normalized spacial score (nSPS) is 19.4. The minimum atomic E-state index is -3.44. The highest BCUT2D eigenvalue weighted by Crippen LogP contribution is 2.34. The van der Waals surface area contributed by atoms with Crippen molar-refractivity contribution in [2.75, 3.05) is 0 Å². The Bertz CT molecular complexity index is 785. The number of fused-ring (bicyclic) bond motifs is 3. The van der Waals surface area contributed by atoms with Gasteiger partial charge < -0.3 is 4.42 Å². The molecule has 0 bridgehead atoms. The fourth-order valence-corrected chi connectivity index (χ4v) is 4.90. The first kappa shape index (κ1) is 13.3. The molecule has 1 aromatic heterocycles.